The lowest BCUT2D eigenvalue weighted by atomic mass is 10.2. The molecule has 0 fully saturated rings. The highest BCUT2D eigenvalue weighted by molar-refractivity contribution is 5.96. The summed E-state index contributed by atoms with van der Waals surface area (Å²) in [5.74, 6) is 0.801. The third-order valence-electron chi connectivity index (χ3n) is 4.08. The Morgan fingerprint density at radius 1 is 1.07 bits per heavy atom. The number of anilines is 4. The Labute approximate surface area is 158 Å². The number of methoxy groups -OCH3 is 1. The van der Waals surface area contributed by atoms with Crippen LogP contribution in [0.1, 0.15) is 23.0 Å². The smallest absolute Gasteiger partial charge is 0.339 e. The van der Waals surface area contributed by atoms with Crippen molar-refractivity contribution in [3.63, 3.8) is 0 Å². The zero-order valence-electron chi connectivity index (χ0n) is 15.6. The highest BCUT2D eigenvalue weighted by atomic mass is 16.5. The first-order chi connectivity index (χ1) is 13.1. The molecule has 0 radical (unpaired) electrons. The number of rotatable bonds is 6. The number of ether oxygens (including phenoxy) is 1. The van der Waals surface area contributed by atoms with Gasteiger partial charge in [0.25, 0.3) is 0 Å². The second-order valence-electron chi connectivity index (χ2n) is 5.93. The van der Waals surface area contributed by atoms with E-state index in [1.54, 1.807) is 18.2 Å². The number of nitrogens with zero attached hydrogens (tertiary/aromatic N) is 3. The molecule has 0 aliphatic carbocycles. The maximum Gasteiger partial charge on any atom is 0.339 e. The minimum absolute atomic E-state index is 0.412. The van der Waals surface area contributed by atoms with E-state index < -0.39 is 5.97 Å². The van der Waals surface area contributed by atoms with Crippen LogP contribution in [0.25, 0.3) is 0 Å². The van der Waals surface area contributed by atoms with E-state index in [9.17, 15) is 4.79 Å². The molecule has 0 bridgehead atoms. The van der Waals surface area contributed by atoms with Gasteiger partial charge in [0, 0.05) is 24.0 Å². The number of nitrogens with one attached hydrogen (secondary N) is 1. The first kappa shape index (κ1) is 18.4. The molecule has 0 saturated heterocycles. The average Bonchev–Trinajstić information content (AvgIpc) is 2.69. The van der Waals surface area contributed by atoms with E-state index in [4.69, 9.17) is 4.74 Å². The number of aromatic nitrogens is 2. The molecule has 3 rings (SSSR count). The third-order valence-corrected chi connectivity index (χ3v) is 4.08. The number of hydrogen-bond acceptors (Lipinski definition) is 6. The van der Waals surface area contributed by atoms with Crippen molar-refractivity contribution in [2.75, 3.05) is 23.9 Å². The molecule has 0 aliphatic heterocycles. The predicted molar refractivity (Wildman–Crippen MR) is 107 cm³/mol. The molecule has 138 valence electrons. The number of hydrogen-bond donors (Lipinski definition) is 1. The Morgan fingerprint density at radius 3 is 2.48 bits per heavy atom. The molecule has 6 heteroatoms. The first-order valence-corrected chi connectivity index (χ1v) is 8.75. The maximum absolute atomic E-state index is 12.0. The molecular weight excluding hydrogens is 340 g/mol. The second kappa shape index (κ2) is 8.31. The highest BCUT2D eigenvalue weighted by Gasteiger charge is 2.14. The number of aryl methyl sites for hydroxylation is 1. The van der Waals surface area contributed by atoms with Gasteiger partial charge in [-0.2, -0.15) is 4.98 Å². The topological polar surface area (TPSA) is 67.4 Å². The standard InChI is InChI=1S/C21H22N4O2/c1-4-25(16-10-6-5-7-11-16)19-14-15(2)22-21(24-19)23-18-13-9-8-12-17(18)20(26)27-3/h5-14H,4H2,1-3H3,(H,22,23,24). The van der Waals surface area contributed by atoms with Crippen LogP contribution in [0, 0.1) is 6.92 Å². The van der Waals surface area contributed by atoms with E-state index in [1.165, 1.54) is 7.11 Å². The molecule has 0 unspecified atom stereocenters. The van der Waals surface area contributed by atoms with Gasteiger partial charge in [-0.05, 0) is 38.1 Å². The van der Waals surface area contributed by atoms with Crippen molar-refractivity contribution in [2.45, 2.75) is 13.8 Å². The summed E-state index contributed by atoms with van der Waals surface area (Å²) in [4.78, 5) is 23.2. The molecule has 2 aromatic carbocycles. The normalized spacial score (nSPS) is 10.3. The van der Waals surface area contributed by atoms with Gasteiger partial charge in [-0.25, -0.2) is 9.78 Å². The average molecular weight is 362 g/mol. The van der Waals surface area contributed by atoms with Gasteiger partial charge in [0.05, 0.1) is 18.4 Å². The van der Waals surface area contributed by atoms with E-state index in [-0.39, 0.29) is 0 Å². The molecule has 27 heavy (non-hydrogen) atoms. The van der Waals surface area contributed by atoms with E-state index in [0.29, 0.717) is 17.2 Å². The quantitative estimate of drug-likeness (QED) is 0.653. The third kappa shape index (κ3) is 4.23. The molecule has 0 spiro atoms. The van der Waals surface area contributed by atoms with Gasteiger partial charge in [-0.3, -0.25) is 0 Å². The van der Waals surface area contributed by atoms with Crippen LogP contribution in [0.5, 0.6) is 0 Å². The lowest BCUT2D eigenvalue weighted by Crippen LogP contribution is -2.18. The number of carbonyl (C=O) groups excluding carboxylic acids is 1. The fraction of sp³-hybridized carbons (Fsp3) is 0.190. The van der Waals surface area contributed by atoms with Gasteiger partial charge >= 0.3 is 5.97 Å². The van der Waals surface area contributed by atoms with Crippen molar-refractivity contribution >= 4 is 29.1 Å². The summed E-state index contributed by atoms with van der Waals surface area (Å²) >= 11 is 0. The number of esters is 1. The molecule has 1 aromatic heterocycles. The van der Waals surface area contributed by atoms with Crippen LogP contribution >= 0.6 is 0 Å². The lowest BCUT2D eigenvalue weighted by molar-refractivity contribution is 0.0602. The Balaban J connectivity index is 1.96. The zero-order valence-corrected chi connectivity index (χ0v) is 15.6. The Bertz CT molecular complexity index is 928. The van der Waals surface area contributed by atoms with Crippen molar-refractivity contribution in [1.82, 2.24) is 9.97 Å². The summed E-state index contributed by atoms with van der Waals surface area (Å²) in [7, 11) is 1.36. The van der Waals surface area contributed by atoms with E-state index in [0.717, 1.165) is 23.7 Å². The molecular formula is C21H22N4O2. The van der Waals surface area contributed by atoms with E-state index in [1.807, 2.05) is 49.4 Å². The van der Waals surface area contributed by atoms with Gasteiger partial charge in [0.1, 0.15) is 5.82 Å². The minimum atomic E-state index is -0.412. The van der Waals surface area contributed by atoms with E-state index >= 15 is 0 Å². The Morgan fingerprint density at radius 2 is 1.78 bits per heavy atom. The van der Waals surface area contributed by atoms with E-state index in [2.05, 4.69) is 27.1 Å². The highest BCUT2D eigenvalue weighted by Crippen LogP contribution is 2.26. The van der Waals surface area contributed by atoms with Crippen LogP contribution in [-0.2, 0) is 4.74 Å². The number of carbonyl (C=O) groups is 1. The Hall–Kier alpha value is -3.41. The molecule has 0 aliphatic rings. The molecule has 0 amide bonds. The van der Waals surface area contributed by atoms with Gasteiger partial charge in [0.2, 0.25) is 5.95 Å². The van der Waals surface area contributed by atoms with Crippen molar-refractivity contribution in [2.24, 2.45) is 0 Å². The number of benzene rings is 2. The lowest BCUT2D eigenvalue weighted by Gasteiger charge is -2.23. The molecule has 0 atom stereocenters. The summed E-state index contributed by atoms with van der Waals surface area (Å²) in [6.07, 6.45) is 0. The fourth-order valence-electron chi connectivity index (χ4n) is 2.83. The molecule has 1 heterocycles. The van der Waals surface area contributed by atoms with Crippen LogP contribution in [0.3, 0.4) is 0 Å². The van der Waals surface area contributed by atoms with Crippen LogP contribution < -0.4 is 10.2 Å². The second-order valence-corrected chi connectivity index (χ2v) is 5.93. The zero-order chi connectivity index (χ0) is 19.2. The van der Waals surface area contributed by atoms with Crippen LogP contribution in [-0.4, -0.2) is 29.6 Å². The van der Waals surface area contributed by atoms with Gasteiger partial charge in [0.15, 0.2) is 0 Å². The van der Waals surface area contributed by atoms with Crippen molar-refractivity contribution in [3.8, 4) is 0 Å². The fourth-order valence-corrected chi connectivity index (χ4v) is 2.83. The maximum atomic E-state index is 12.0. The summed E-state index contributed by atoms with van der Waals surface area (Å²) in [6.45, 7) is 4.75. The van der Waals surface area contributed by atoms with Crippen molar-refractivity contribution in [3.05, 3.63) is 71.9 Å². The van der Waals surface area contributed by atoms with Crippen LogP contribution in [0.4, 0.5) is 23.1 Å². The molecule has 0 saturated carbocycles. The van der Waals surface area contributed by atoms with Crippen LogP contribution in [0.2, 0.25) is 0 Å². The van der Waals surface area contributed by atoms with Crippen LogP contribution in [0.15, 0.2) is 60.7 Å². The Kier molecular flexibility index (Phi) is 5.66. The van der Waals surface area contributed by atoms with Gasteiger partial charge in [-0.1, -0.05) is 30.3 Å². The summed E-state index contributed by atoms with van der Waals surface area (Å²) in [5.41, 5.74) is 2.91. The molecule has 3 aromatic rings. The summed E-state index contributed by atoms with van der Waals surface area (Å²) < 4.78 is 4.85. The SMILES string of the molecule is CCN(c1ccccc1)c1cc(C)nc(Nc2ccccc2C(=O)OC)n1. The molecule has 6 nitrogen and oxygen atoms in total. The minimum Gasteiger partial charge on any atom is -0.465 e. The number of para-hydroxylation sites is 2. The largest absolute Gasteiger partial charge is 0.465 e. The summed E-state index contributed by atoms with van der Waals surface area (Å²) in [5, 5.41) is 3.15. The monoisotopic (exact) mass is 362 g/mol. The van der Waals surface area contributed by atoms with Gasteiger partial charge < -0.3 is 15.0 Å². The van der Waals surface area contributed by atoms with Crippen molar-refractivity contribution < 1.29 is 9.53 Å². The van der Waals surface area contributed by atoms with Crippen molar-refractivity contribution in [1.29, 1.82) is 0 Å². The first-order valence-electron chi connectivity index (χ1n) is 8.75. The molecule has 1 N–H and O–H groups in total. The predicted octanol–water partition coefficient (Wildman–Crippen LogP) is 4.47. The summed E-state index contributed by atoms with van der Waals surface area (Å²) in [6, 6.07) is 19.1. The van der Waals surface area contributed by atoms with Gasteiger partial charge in [-0.15, -0.1) is 0 Å².